The lowest BCUT2D eigenvalue weighted by molar-refractivity contribution is -0.138. The first-order valence-electron chi connectivity index (χ1n) is 9.84. The number of rotatable bonds is 5. The SMILES string of the molecule is O=C(c1cc(F)cc(F)c1N1N=CCN1)N1CCC(F)(F)[C@H]1CNc1ncc(C(F)(F)F)cn1. The highest BCUT2D eigenvalue weighted by molar-refractivity contribution is 6.00. The van der Waals surface area contributed by atoms with Crippen LogP contribution in [0.15, 0.2) is 29.6 Å². The van der Waals surface area contributed by atoms with Crippen molar-refractivity contribution in [1.29, 1.82) is 0 Å². The van der Waals surface area contributed by atoms with E-state index in [-0.39, 0.29) is 12.5 Å². The van der Waals surface area contributed by atoms with Crippen LogP contribution < -0.4 is 15.9 Å². The van der Waals surface area contributed by atoms with Gasteiger partial charge in [0, 0.05) is 44.2 Å². The summed E-state index contributed by atoms with van der Waals surface area (Å²) in [5.41, 5.74) is 0.537. The smallest absolute Gasteiger partial charge is 0.352 e. The molecule has 2 aliphatic rings. The van der Waals surface area contributed by atoms with Gasteiger partial charge in [-0.25, -0.2) is 33.0 Å². The molecule has 2 N–H and O–H groups in total. The van der Waals surface area contributed by atoms with E-state index in [1.54, 1.807) is 0 Å². The number of carbonyl (C=O) groups is 1. The monoisotopic (exact) mass is 491 g/mol. The molecule has 1 amide bonds. The molecule has 0 aliphatic carbocycles. The lowest BCUT2D eigenvalue weighted by Crippen LogP contribution is -2.47. The summed E-state index contributed by atoms with van der Waals surface area (Å²) >= 11 is 0. The summed E-state index contributed by atoms with van der Waals surface area (Å²) in [7, 11) is 0. The number of hydrazone groups is 1. The van der Waals surface area contributed by atoms with Crippen molar-refractivity contribution in [1.82, 2.24) is 20.3 Å². The van der Waals surface area contributed by atoms with Crippen LogP contribution in [0.4, 0.5) is 42.4 Å². The summed E-state index contributed by atoms with van der Waals surface area (Å²) in [6, 6.07) is -0.544. The van der Waals surface area contributed by atoms with E-state index in [4.69, 9.17) is 0 Å². The number of halogens is 7. The van der Waals surface area contributed by atoms with E-state index in [1.165, 1.54) is 6.21 Å². The minimum Gasteiger partial charge on any atom is -0.352 e. The molecule has 0 bridgehead atoms. The van der Waals surface area contributed by atoms with Crippen LogP contribution >= 0.6 is 0 Å². The number of hydrogen-bond acceptors (Lipinski definition) is 7. The minimum absolute atomic E-state index is 0.200. The van der Waals surface area contributed by atoms with E-state index in [1.807, 2.05) is 0 Å². The van der Waals surface area contributed by atoms with Gasteiger partial charge in [0.2, 0.25) is 5.95 Å². The molecule has 1 fully saturated rings. The summed E-state index contributed by atoms with van der Waals surface area (Å²) in [6.45, 7) is -0.858. The quantitative estimate of drug-likeness (QED) is 0.626. The predicted molar refractivity (Wildman–Crippen MR) is 105 cm³/mol. The van der Waals surface area contributed by atoms with Crippen LogP contribution in [0.3, 0.4) is 0 Å². The van der Waals surface area contributed by atoms with Gasteiger partial charge in [-0.05, 0) is 6.07 Å². The number of alkyl halides is 5. The highest BCUT2D eigenvalue weighted by atomic mass is 19.4. The lowest BCUT2D eigenvalue weighted by atomic mass is 10.1. The van der Waals surface area contributed by atoms with E-state index in [0.29, 0.717) is 18.5 Å². The maximum absolute atomic E-state index is 14.6. The number of benzene rings is 1. The molecular weight excluding hydrogens is 475 g/mol. The van der Waals surface area contributed by atoms with Crippen molar-refractivity contribution >= 4 is 23.8 Å². The third kappa shape index (κ3) is 4.60. The second-order valence-corrected chi connectivity index (χ2v) is 7.46. The minimum atomic E-state index is -4.67. The highest BCUT2D eigenvalue weighted by Crippen LogP contribution is 2.37. The molecule has 2 aliphatic heterocycles. The molecule has 0 unspecified atom stereocenters. The molecule has 1 aromatic carbocycles. The fraction of sp³-hybridized carbons (Fsp3) is 0.368. The molecule has 3 heterocycles. The number of hydrazine groups is 1. The summed E-state index contributed by atoms with van der Waals surface area (Å²) < 4.78 is 95.6. The number of nitrogens with zero attached hydrogens (tertiary/aromatic N) is 5. The first-order chi connectivity index (χ1) is 16.0. The maximum Gasteiger partial charge on any atom is 0.419 e. The Bertz CT molecular complexity index is 1110. The number of likely N-dealkylation sites (tertiary alicyclic amines) is 1. The second kappa shape index (κ2) is 8.70. The average molecular weight is 491 g/mol. The fourth-order valence-corrected chi connectivity index (χ4v) is 3.60. The zero-order valence-corrected chi connectivity index (χ0v) is 17.1. The Balaban J connectivity index is 1.58. The number of carbonyl (C=O) groups excluding carboxylic acids is 1. The van der Waals surface area contributed by atoms with Crippen molar-refractivity contribution < 1.29 is 35.5 Å². The number of anilines is 2. The van der Waals surface area contributed by atoms with Crippen molar-refractivity contribution in [2.45, 2.75) is 24.6 Å². The third-order valence-electron chi connectivity index (χ3n) is 5.24. The molecule has 0 radical (unpaired) electrons. The summed E-state index contributed by atoms with van der Waals surface area (Å²) in [5, 5.41) is 7.12. The molecule has 34 heavy (non-hydrogen) atoms. The van der Waals surface area contributed by atoms with E-state index in [0.717, 1.165) is 16.1 Å². The van der Waals surface area contributed by atoms with Crippen molar-refractivity contribution in [3.63, 3.8) is 0 Å². The summed E-state index contributed by atoms with van der Waals surface area (Å²) in [4.78, 5) is 20.8. The van der Waals surface area contributed by atoms with Gasteiger partial charge in [0.05, 0.1) is 17.7 Å². The van der Waals surface area contributed by atoms with Crippen LogP contribution in [-0.4, -0.2) is 58.6 Å². The lowest BCUT2D eigenvalue weighted by Gasteiger charge is -2.29. The van der Waals surface area contributed by atoms with E-state index in [9.17, 15) is 35.5 Å². The van der Waals surface area contributed by atoms with Crippen LogP contribution in [-0.2, 0) is 6.18 Å². The van der Waals surface area contributed by atoms with Crippen molar-refractivity contribution in [2.24, 2.45) is 5.10 Å². The van der Waals surface area contributed by atoms with Crippen LogP contribution in [0.5, 0.6) is 0 Å². The topological polar surface area (TPSA) is 85.8 Å². The van der Waals surface area contributed by atoms with Crippen molar-refractivity contribution in [3.05, 3.63) is 47.3 Å². The average Bonchev–Trinajstić information content (AvgIpc) is 3.38. The molecule has 0 spiro atoms. The van der Waals surface area contributed by atoms with Gasteiger partial charge in [0.25, 0.3) is 11.8 Å². The van der Waals surface area contributed by atoms with Crippen LogP contribution in [0, 0.1) is 11.6 Å². The van der Waals surface area contributed by atoms with Gasteiger partial charge in [-0.15, -0.1) is 0 Å². The van der Waals surface area contributed by atoms with E-state index < -0.39 is 72.0 Å². The van der Waals surface area contributed by atoms with Gasteiger partial charge in [0.1, 0.15) is 17.5 Å². The van der Waals surface area contributed by atoms with Gasteiger partial charge in [-0.2, -0.15) is 23.4 Å². The molecular formula is C19H16F7N7O. The molecule has 1 atom stereocenters. The van der Waals surface area contributed by atoms with Gasteiger partial charge >= 0.3 is 6.18 Å². The molecule has 15 heteroatoms. The Labute approximate surface area is 187 Å². The molecule has 4 rings (SSSR count). The van der Waals surface area contributed by atoms with Gasteiger partial charge < -0.3 is 10.2 Å². The number of nitrogens with one attached hydrogen (secondary N) is 2. The molecule has 0 saturated carbocycles. The van der Waals surface area contributed by atoms with E-state index in [2.05, 4.69) is 25.8 Å². The van der Waals surface area contributed by atoms with E-state index >= 15 is 0 Å². The molecule has 2 aromatic rings. The summed E-state index contributed by atoms with van der Waals surface area (Å²) in [6.07, 6.45) is -3.08. The molecule has 182 valence electrons. The van der Waals surface area contributed by atoms with Crippen LogP contribution in [0.1, 0.15) is 22.3 Å². The largest absolute Gasteiger partial charge is 0.419 e. The Morgan fingerprint density at radius 2 is 1.91 bits per heavy atom. The second-order valence-electron chi connectivity index (χ2n) is 7.46. The predicted octanol–water partition coefficient (Wildman–Crippen LogP) is 3.05. The first-order valence-corrected chi connectivity index (χ1v) is 9.84. The Kier molecular flexibility index (Phi) is 6.05. The molecule has 1 aromatic heterocycles. The Morgan fingerprint density at radius 3 is 2.53 bits per heavy atom. The molecule has 8 nitrogen and oxygen atoms in total. The standard InChI is InChI=1S/C19H16F7N7O/c20-11-5-12(15(13(21)6-11)33-30-2-3-31-33)16(34)32-4-1-18(22,23)14(32)9-29-17-27-7-10(8-28-17)19(24,25)26/h2,5-8,14,31H,1,3-4,9H2,(H,27,28,29)/t14-/m1/s1. The summed E-state index contributed by atoms with van der Waals surface area (Å²) in [5.74, 6) is -7.06. The normalized spacial score (nSPS) is 19.7. The zero-order chi connectivity index (χ0) is 24.7. The number of hydrogen-bond donors (Lipinski definition) is 2. The number of amides is 1. The zero-order valence-electron chi connectivity index (χ0n) is 17.1. The Hall–Kier alpha value is -3.49. The molecule has 1 saturated heterocycles. The first kappa shape index (κ1) is 23.7. The van der Waals surface area contributed by atoms with Gasteiger partial charge in [-0.1, -0.05) is 0 Å². The van der Waals surface area contributed by atoms with Gasteiger partial charge in [0.15, 0.2) is 5.82 Å². The van der Waals surface area contributed by atoms with Crippen molar-refractivity contribution in [3.8, 4) is 0 Å². The third-order valence-corrected chi connectivity index (χ3v) is 5.24. The fourth-order valence-electron chi connectivity index (χ4n) is 3.60. The van der Waals surface area contributed by atoms with Crippen LogP contribution in [0.25, 0.3) is 0 Å². The van der Waals surface area contributed by atoms with Gasteiger partial charge in [-0.3, -0.25) is 4.79 Å². The Morgan fingerprint density at radius 1 is 1.21 bits per heavy atom. The maximum atomic E-state index is 14.6. The van der Waals surface area contributed by atoms with Crippen LogP contribution in [0.2, 0.25) is 0 Å². The highest BCUT2D eigenvalue weighted by Gasteiger charge is 2.51. The van der Waals surface area contributed by atoms with Crippen molar-refractivity contribution in [2.75, 3.05) is 30.1 Å². The number of aromatic nitrogens is 2.